The first kappa shape index (κ1) is 32.4. The molecule has 0 saturated carbocycles. The number of aromatic nitrogens is 1. The number of para-hydroxylation sites is 2. The zero-order valence-corrected chi connectivity index (χ0v) is 32.2. The lowest BCUT2D eigenvalue weighted by atomic mass is 9.97. The van der Waals surface area contributed by atoms with Gasteiger partial charge in [-0.3, -0.25) is 0 Å². The van der Waals surface area contributed by atoms with Gasteiger partial charge in [-0.2, -0.15) is 0 Å². The lowest BCUT2D eigenvalue weighted by molar-refractivity contribution is 0.674. The van der Waals surface area contributed by atoms with Crippen LogP contribution in [0.15, 0.2) is 192 Å². The van der Waals surface area contributed by atoms with E-state index in [4.69, 9.17) is 9.98 Å². The van der Waals surface area contributed by atoms with E-state index in [1.807, 2.05) is 46.9 Å². The molecule has 0 saturated heterocycles. The first-order valence-electron chi connectivity index (χ1n) is 19.2. The first-order valence-corrected chi connectivity index (χ1v) is 20.8. The van der Waals surface area contributed by atoms with Crippen LogP contribution in [0.2, 0.25) is 0 Å². The van der Waals surface area contributed by atoms with Gasteiger partial charge in [0.2, 0.25) is 0 Å². The topological polar surface area (TPSA) is 41.7 Å². The van der Waals surface area contributed by atoms with Gasteiger partial charge in [0.05, 0.1) is 11.0 Å². The van der Waals surface area contributed by atoms with Crippen molar-refractivity contribution < 1.29 is 0 Å². The Morgan fingerprint density at radius 1 is 0.456 bits per heavy atom. The van der Waals surface area contributed by atoms with Gasteiger partial charge in [-0.25, -0.2) is 9.98 Å². The Bertz CT molecular complexity index is 3390. The average Bonchev–Trinajstić information content (AvgIpc) is 3.95. The molecule has 0 fully saturated rings. The number of hydrogen-bond acceptors (Lipinski definition) is 5. The molecule has 1 aliphatic heterocycles. The zero-order valence-electron chi connectivity index (χ0n) is 30.6. The Morgan fingerprint density at radius 2 is 1.14 bits per heavy atom. The molecule has 0 amide bonds. The molecule has 0 radical (unpaired) electrons. The normalized spacial score (nSPS) is 14.5. The number of aliphatic imine (C=N–C) groups is 2. The minimum absolute atomic E-state index is 0.233. The molecule has 268 valence electrons. The average molecular weight is 765 g/mol. The third-order valence-electron chi connectivity index (χ3n) is 11.3. The molecule has 8 aromatic carbocycles. The standard InChI is InChI=1S/C51H32N4S2/c1-3-12-31(13-4-1)49-52-50(32-14-5-2-6-15-32)54-51(53-49)34-22-25-39-40-28-33(23-26-44(40)57-47(39)29-34)36-18-11-21-46-48(36)41-30-35(24-27-45(41)56-46)55-42-19-9-7-16-37(42)38-17-8-10-20-43(38)55/h1-30,49H,(H,52,53,54). The van der Waals surface area contributed by atoms with Gasteiger partial charge in [0.25, 0.3) is 0 Å². The number of hydrogen-bond donors (Lipinski definition) is 1. The first-order chi connectivity index (χ1) is 28.2. The number of fused-ring (bicyclic) bond motifs is 9. The van der Waals surface area contributed by atoms with Crippen molar-refractivity contribution >= 4 is 96.5 Å². The maximum atomic E-state index is 5.14. The van der Waals surface area contributed by atoms with Crippen LogP contribution in [-0.2, 0) is 0 Å². The summed E-state index contributed by atoms with van der Waals surface area (Å²) >= 11 is 3.70. The second-order valence-corrected chi connectivity index (χ2v) is 16.8. The number of benzene rings is 8. The smallest absolute Gasteiger partial charge is 0.159 e. The maximum Gasteiger partial charge on any atom is 0.159 e. The van der Waals surface area contributed by atoms with E-state index < -0.39 is 0 Å². The van der Waals surface area contributed by atoms with Crippen molar-refractivity contribution in [1.29, 1.82) is 0 Å². The van der Waals surface area contributed by atoms with Crippen LogP contribution >= 0.6 is 22.7 Å². The molecular weight excluding hydrogens is 733 g/mol. The summed E-state index contributed by atoms with van der Waals surface area (Å²) in [5.74, 6) is 1.56. The molecular formula is C51H32N4S2. The fraction of sp³-hybridized carbons (Fsp3) is 0.0196. The Hall–Kier alpha value is -6.86. The van der Waals surface area contributed by atoms with Crippen LogP contribution in [0.5, 0.6) is 0 Å². The molecule has 3 aromatic heterocycles. The second-order valence-electron chi connectivity index (χ2n) is 14.6. The summed E-state index contributed by atoms with van der Waals surface area (Å²) in [6.45, 7) is 0. The number of nitrogens with zero attached hydrogens (tertiary/aromatic N) is 3. The number of amidine groups is 2. The van der Waals surface area contributed by atoms with E-state index in [-0.39, 0.29) is 6.17 Å². The van der Waals surface area contributed by atoms with Gasteiger partial charge in [-0.1, -0.05) is 127 Å². The Balaban J connectivity index is 0.973. The van der Waals surface area contributed by atoms with Gasteiger partial charge >= 0.3 is 0 Å². The van der Waals surface area contributed by atoms with E-state index in [2.05, 4.69) is 168 Å². The van der Waals surface area contributed by atoms with Crippen LogP contribution in [0, 0.1) is 0 Å². The predicted molar refractivity (Wildman–Crippen MR) is 244 cm³/mol. The largest absolute Gasteiger partial charge is 0.344 e. The lowest BCUT2D eigenvalue weighted by Gasteiger charge is -2.23. The molecule has 1 unspecified atom stereocenters. The summed E-state index contributed by atoms with van der Waals surface area (Å²) in [7, 11) is 0. The van der Waals surface area contributed by atoms with Gasteiger partial charge in [0.1, 0.15) is 12.0 Å². The van der Waals surface area contributed by atoms with Crippen molar-refractivity contribution in [2.75, 3.05) is 0 Å². The fourth-order valence-electron chi connectivity index (χ4n) is 8.61. The van der Waals surface area contributed by atoms with Crippen molar-refractivity contribution in [3.63, 3.8) is 0 Å². The van der Waals surface area contributed by atoms with Crippen molar-refractivity contribution in [1.82, 2.24) is 9.88 Å². The Morgan fingerprint density at radius 3 is 1.95 bits per heavy atom. The van der Waals surface area contributed by atoms with E-state index in [0.717, 1.165) is 28.4 Å². The molecule has 1 atom stereocenters. The van der Waals surface area contributed by atoms with Crippen LogP contribution in [-0.4, -0.2) is 16.2 Å². The molecule has 1 aliphatic rings. The Labute approximate surface area is 336 Å². The molecule has 12 rings (SSSR count). The van der Waals surface area contributed by atoms with E-state index in [1.54, 1.807) is 0 Å². The highest BCUT2D eigenvalue weighted by Crippen LogP contribution is 2.44. The molecule has 6 heteroatoms. The summed E-state index contributed by atoms with van der Waals surface area (Å²) in [4.78, 5) is 10.2. The minimum Gasteiger partial charge on any atom is -0.344 e. The van der Waals surface area contributed by atoms with E-state index in [0.29, 0.717) is 0 Å². The molecule has 11 aromatic rings. The van der Waals surface area contributed by atoms with Gasteiger partial charge in [-0.15, -0.1) is 22.7 Å². The van der Waals surface area contributed by atoms with E-state index >= 15 is 0 Å². The summed E-state index contributed by atoms with van der Waals surface area (Å²) in [6.07, 6.45) is -0.233. The number of rotatable bonds is 5. The van der Waals surface area contributed by atoms with Crippen molar-refractivity contribution in [3.05, 3.63) is 199 Å². The van der Waals surface area contributed by atoms with Gasteiger partial charge in [0, 0.05) is 67.9 Å². The van der Waals surface area contributed by atoms with Crippen LogP contribution in [0.4, 0.5) is 0 Å². The van der Waals surface area contributed by atoms with Crippen LogP contribution in [0.25, 0.3) is 79.0 Å². The van der Waals surface area contributed by atoms with Gasteiger partial charge in [-0.05, 0) is 71.3 Å². The highest BCUT2D eigenvalue weighted by atomic mass is 32.1. The third kappa shape index (κ3) is 5.26. The van der Waals surface area contributed by atoms with Crippen LogP contribution in [0.1, 0.15) is 22.9 Å². The molecule has 0 bridgehead atoms. The van der Waals surface area contributed by atoms with Gasteiger partial charge < -0.3 is 9.88 Å². The monoisotopic (exact) mass is 764 g/mol. The summed E-state index contributed by atoms with van der Waals surface area (Å²) < 4.78 is 7.51. The summed E-state index contributed by atoms with van der Waals surface area (Å²) in [6, 6.07) is 65.6. The molecule has 4 nitrogen and oxygen atoms in total. The highest BCUT2D eigenvalue weighted by Gasteiger charge is 2.22. The predicted octanol–water partition coefficient (Wildman–Crippen LogP) is 13.7. The highest BCUT2D eigenvalue weighted by molar-refractivity contribution is 7.26. The quantitative estimate of drug-likeness (QED) is 0.186. The van der Waals surface area contributed by atoms with Crippen molar-refractivity contribution in [3.8, 4) is 16.8 Å². The van der Waals surface area contributed by atoms with Gasteiger partial charge in [0.15, 0.2) is 5.84 Å². The fourth-order valence-corrected chi connectivity index (χ4v) is 10.8. The van der Waals surface area contributed by atoms with E-state index in [9.17, 15) is 0 Å². The van der Waals surface area contributed by atoms with E-state index in [1.165, 1.54) is 79.0 Å². The molecule has 4 heterocycles. The maximum absolute atomic E-state index is 5.14. The summed E-state index contributed by atoms with van der Waals surface area (Å²) in [5.41, 5.74) is 9.27. The number of nitrogens with one attached hydrogen (secondary N) is 1. The summed E-state index contributed by atoms with van der Waals surface area (Å²) in [5, 5.41) is 11.2. The van der Waals surface area contributed by atoms with Crippen molar-refractivity contribution in [2.24, 2.45) is 9.98 Å². The second kappa shape index (κ2) is 12.8. The van der Waals surface area contributed by atoms with Crippen LogP contribution < -0.4 is 5.32 Å². The molecule has 0 aliphatic carbocycles. The minimum atomic E-state index is -0.233. The number of thiophene rings is 2. The van der Waals surface area contributed by atoms with Crippen LogP contribution in [0.3, 0.4) is 0 Å². The lowest BCUT2D eigenvalue weighted by Crippen LogP contribution is -2.33. The Kier molecular flexibility index (Phi) is 7.30. The molecule has 1 N–H and O–H groups in total. The van der Waals surface area contributed by atoms with Crippen molar-refractivity contribution in [2.45, 2.75) is 6.17 Å². The molecule has 0 spiro atoms. The SMILES string of the molecule is c1ccc(C2=NC(c3ccc4c(c3)sc3ccc(-c5cccc6sc7ccc(-n8c9ccccc9c9ccccc98)cc7c56)cc34)=NC(c3ccccc3)N2)cc1. The third-order valence-corrected chi connectivity index (χ3v) is 13.5. The zero-order chi connectivity index (χ0) is 37.5. The molecule has 57 heavy (non-hydrogen) atoms.